The Hall–Kier alpha value is -0.760. The van der Waals surface area contributed by atoms with Gasteiger partial charge >= 0.3 is 0 Å². The van der Waals surface area contributed by atoms with E-state index in [-0.39, 0.29) is 0 Å². The molecular formula is C11H19NO. The van der Waals surface area contributed by atoms with Crippen LogP contribution in [0.4, 0.5) is 0 Å². The van der Waals surface area contributed by atoms with Crippen molar-refractivity contribution in [3.05, 3.63) is 23.5 Å². The third-order valence-corrected chi connectivity index (χ3v) is 2.29. The van der Waals surface area contributed by atoms with Crippen molar-refractivity contribution in [1.29, 1.82) is 0 Å². The fourth-order valence-corrected chi connectivity index (χ4v) is 1.42. The van der Waals surface area contributed by atoms with Gasteiger partial charge in [-0.1, -0.05) is 6.08 Å². The molecule has 13 heavy (non-hydrogen) atoms. The third-order valence-electron chi connectivity index (χ3n) is 2.29. The van der Waals surface area contributed by atoms with Gasteiger partial charge in [-0.3, -0.25) is 0 Å². The molecule has 0 spiro atoms. The second-order valence-electron chi connectivity index (χ2n) is 3.40. The number of hydrogen-bond donors (Lipinski definition) is 1. The molecule has 0 radical (unpaired) electrons. The van der Waals surface area contributed by atoms with Crippen molar-refractivity contribution in [3.8, 4) is 0 Å². The van der Waals surface area contributed by atoms with E-state index >= 15 is 0 Å². The number of hydrogen-bond acceptors (Lipinski definition) is 2. The van der Waals surface area contributed by atoms with Crippen LogP contribution in [0.5, 0.6) is 0 Å². The van der Waals surface area contributed by atoms with Crippen LogP contribution >= 0.6 is 0 Å². The van der Waals surface area contributed by atoms with E-state index in [0.29, 0.717) is 0 Å². The molecule has 2 heteroatoms. The molecule has 0 amide bonds. The standard InChI is InChI=1S/C11H19NO/c1-10(5-3-7-12-2)11-6-4-8-13-9-11/h5,9,12H,3-4,6-8H2,1-2H3/b10-5-. The van der Waals surface area contributed by atoms with E-state index in [1.54, 1.807) is 0 Å². The maximum atomic E-state index is 5.29. The van der Waals surface area contributed by atoms with Crippen LogP contribution in [0.25, 0.3) is 0 Å². The molecule has 0 fully saturated rings. The summed E-state index contributed by atoms with van der Waals surface area (Å²) in [7, 11) is 1.98. The lowest BCUT2D eigenvalue weighted by Gasteiger charge is -2.14. The van der Waals surface area contributed by atoms with Crippen LogP contribution in [-0.4, -0.2) is 20.2 Å². The third kappa shape index (κ3) is 3.64. The first-order chi connectivity index (χ1) is 6.34. The number of ether oxygens (including phenoxy) is 1. The van der Waals surface area contributed by atoms with Crippen molar-refractivity contribution in [2.75, 3.05) is 20.2 Å². The molecule has 74 valence electrons. The van der Waals surface area contributed by atoms with Gasteiger partial charge in [0.25, 0.3) is 0 Å². The predicted molar refractivity (Wildman–Crippen MR) is 55.6 cm³/mol. The zero-order valence-corrected chi connectivity index (χ0v) is 8.60. The van der Waals surface area contributed by atoms with Crippen LogP contribution in [0.2, 0.25) is 0 Å². The van der Waals surface area contributed by atoms with Crippen LogP contribution in [0.3, 0.4) is 0 Å². The maximum Gasteiger partial charge on any atom is 0.0876 e. The van der Waals surface area contributed by atoms with Gasteiger partial charge in [0, 0.05) is 0 Å². The minimum atomic E-state index is 0.882. The van der Waals surface area contributed by atoms with Gasteiger partial charge in [0.15, 0.2) is 0 Å². The summed E-state index contributed by atoms with van der Waals surface area (Å²) in [5.74, 6) is 0. The van der Waals surface area contributed by atoms with Crippen molar-refractivity contribution in [2.45, 2.75) is 26.2 Å². The van der Waals surface area contributed by atoms with Gasteiger partial charge in [-0.05, 0) is 50.9 Å². The van der Waals surface area contributed by atoms with Gasteiger partial charge in [-0.15, -0.1) is 0 Å². The SMILES string of the molecule is CNCC/C=C(/C)C1=COCCC1. The van der Waals surface area contributed by atoms with Crippen molar-refractivity contribution in [1.82, 2.24) is 5.32 Å². The van der Waals surface area contributed by atoms with Gasteiger partial charge < -0.3 is 10.1 Å². The zero-order valence-electron chi connectivity index (χ0n) is 8.60. The predicted octanol–water partition coefficient (Wildman–Crippen LogP) is 2.24. The lowest BCUT2D eigenvalue weighted by atomic mass is 10.0. The first kappa shape index (κ1) is 10.3. The molecule has 0 aromatic carbocycles. The maximum absolute atomic E-state index is 5.29. The highest BCUT2D eigenvalue weighted by molar-refractivity contribution is 5.28. The minimum Gasteiger partial charge on any atom is -0.501 e. The highest BCUT2D eigenvalue weighted by Crippen LogP contribution is 2.19. The van der Waals surface area contributed by atoms with Gasteiger partial charge in [0.1, 0.15) is 0 Å². The van der Waals surface area contributed by atoms with Crippen LogP contribution in [0.1, 0.15) is 26.2 Å². The molecule has 0 atom stereocenters. The van der Waals surface area contributed by atoms with E-state index in [9.17, 15) is 0 Å². The van der Waals surface area contributed by atoms with Crippen LogP contribution in [0, 0.1) is 0 Å². The number of nitrogens with one attached hydrogen (secondary N) is 1. The summed E-state index contributed by atoms with van der Waals surface area (Å²) in [5, 5.41) is 3.13. The normalized spacial score (nSPS) is 18.0. The molecule has 0 aliphatic carbocycles. The lowest BCUT2D eigenvalue weighted by Crippen LogP contribution is -2.06. The molecule has 0 aromatic heterocycles. The summed E-state index contributed by atoms with van der Waals surface area (Å²) < 4.78 is 5.29. The summed E-state index contributed by atoms with van der Waals surface area (Å²) in [5.41, 5.74) is 2.73. The molecule has 2 nitrogen and oxygen atoms in total. The fourth-order valence-electron chi connectivity index (χ4n) is 1.42. The highest BCUT2D eigenvalue weighted by Gasteiger charge is 2.04. The van der Waals surface area contributed by atoms with Crippen LogP contribution in [0.15, 0.2) is 23.5 Å². The summed E-state index contributed by atoms with van der Waals surface area (Å²) in [6.45, 7) is 4.09. The summed E-state index contributed by atoms with van der Waals surface area (Å²) in [4.78, 5) is 0. The molecule has 1 heterocycles. The van der Waals surface area contributed by atoms with E-state index in [4.69, 9.17) is 4.74 Å². The second-order valence-corrected chi connectivity index (χ2v) is 3.40. The van der Waals surface area contributed by atoms with Crippen molar-refractivity contribution in [3.63, 3.8) is 0 Å². The molecule has 1 rings (SSSR count). The Morgan fingerprint density at radius 3 is 3.15 bits per heavy atom. The molecule has 1 N–H and O–H groups in total. The molecule has 0 unspecified atom stereocenters. The number of allylic oxidation sites excluding steroid dienone is 2. The smallest absolute Gasteiger partial charge is 0.0876 e. The summed E-state index contributed by atoms with van der Waals surface area (Å²) in [6.07, 6.45) is 7.61. The average Bonchev–Trinajstić information content (AvgIpc) is 2.19. The molecule has 1 aliphatic rings. The monoisotopic (exact) mass is 181 g/mol. The zero-order chi connectivity index (χ0) is 9.52. The Labute approximate surface area is 80.7 Å². The highest BCUT2D eigenvalue weighted by atomic mass is 16.5. The van der Waals surface area contributed by atoms with Gasteiger partial charge in [0.05, 0.1) is 12.9 Å². The Morgan fingerprint density at radius 1 is 1.69 bits per heavy atom. The lowest BCUT2D eigenvalue weighted by molar-refractivity contribution is 0.226. The van der Waals surface area contributed by atoms with E-state index in [2.05, 4.69) is 18.3 Å². The summed E-state index contributed by atoms with van der Waals surface area (Å²) >= 11 is 0. The van der Waals surface area contributed by atoms with E-state index in [0.717, 1.165) is 26.0 Å². The van der Waals surface area contributed by atoms with Crippen molar-refractivity contribution < 1.29 is 4.74 Å². The van der Waals surface area contributed by atoms with Crippen molar-refractivity contribution in [2.24, 2.45) is 0 Å². The number of rotatable bonds is 4. The Kier molecular flexibility index (Phi) is 4.61. The Morgan fingerprint density at radius 2 is 2.54 bits per heavy atom. The van der Waals surface area contributed by atoms with Gasteiger partial charge in [-0.2, -0.15) is 0 Å². The minimum absolute atomic E-state index is 0.882. The molecule has 1 aliphatic heterocycles. The van der Waals surface area contributed by atoms with E-state index < -0.39 is 0 Å². The molecular weight excluding hydrogens is 162 g/mol. The Balaban J connectivity index is 2.40. The second kappa shape index (κ2) is 5.81. The van der Waals surface area contributed by atoms with E-state index in [1.807, 2.05) is 13.3 Å². The molecule has 0 bridgehead atoms. The largest absolute Gasteiger partial charge is 0.501 e. The first-order valence-corrected chi connectivity index (χ1v) is 4.97. The van der Waals surface area contributed by atoms with Crippen LogP contribution in [-0.2, 0) is 4.74 Å². The fraction of sp³-hybridized carbons (Fsp3) is 0.636. The quantitative estimate of drug-likeness (QED) is 0.672. The van der Waals surface area contributed by atoms with Crippen molar-refractivity contribution >= 4 is 0 Å². The Bertz CT molecular complexity index is 206. The van der Waals surface area contributed by atoms with Crippen LogP contribution < -0.4 is 5.32 Å². The van der Waals surface area contributed by atoms with Gasteiger partial charge in [-0.25, -0.2) is 0 Å². The average molecular weight is 181 g/mol. The molecule has 0 saturated carbocycles. The topological polar surface area (TPSA) is 21.3 Å². The summed E-state index contributed by atoms with van der Waals surface area (Å²) in [6, 6.07) is 0. The molecule has 0 saturated heterocycles. The van der Waals surface area contributed by atoms with E-state index in [1.165, 1.54) is 17.6 Å². The molecule has 0 aromatic rings. The first-order valence-electron chi connectivity index (χ1n) is 4.97. The van der Waals surface area contributed by atoms with Gasteiger partial charge in [0.2, 0.25) is 0 Å².